The maximum Gasteiger partial charge on any atom is 0.321 e. The van der Waals surface area contributed by atoms with Gasteiger partial charge in [0.25, 0.3) is 5.91 Å². The second-order valence-electron chi connectivity index (χ2n) is 8.75. The second kappa shape index (κ2) is 8.57. The van der Waals surface area contributed by atoms with Gasteiger partial charge >= 0.3 is 5.92 Å². The first-order chi connectivity index (χ1) is 16.7. The lowest BCUT2D eigenvalue weighted by atomic mass is 9.99. The number of anilines is 1. The van der Waals surface area contributed by atoms with Crippen LogP contribution in [0.15, 0.2) is 73.1 Å². The van der Waals surface area contributed by atoms with Crippen LogP contribution in [0.4, 0.5) is 14.5 Å². The molecule has 2 amide bonds. The molecule has 5 rings (SSSR count). The van der Waals surface area contributed by atoms with Gasteiger partial charge in [-0.2, -0.15) is 13.9 Å². The first-order valence-electron chi connectivity index (χ1n) is 11.2. The average molecular weight is 475 g/mol. The van der Waals surface area contributed by atoms with Gasteiger partial charge in [-0.15, -0.1) is 0 Å². The summed E-state index contributed by atoms with van der Waals surface area (Å²) in [5, 5.41) is 7.66. The van der Waals surface area contributed by atoms with Crippen LogP contribution >= 0.6 is 0 Å². The molecule has 0 aliphatic carbocycles. The van der Waals surface area contributed by atoms with Crippen LogP contribution in [0.1, 0.15) is 30.6 Å². The van der Waals surface area contributed by atoms with Gasteiger partial charge in [-0.3, -0.25) is 14.6 Å². The van der Waals surface area contributed by atoms with Crippen molar-refractivity contribution >= 4 is 28.4 Å². The van der Waals surface area contributed by atoms with Crippen molar-refractivity contribution in [2.24, 2.45) is 0 Å². The summed E-state index contributed by atoms with van der Waals surface area (Å²) >= 11 is 0. The van der Waals surface area contributed by atoms with Crippen molar-refractivity contribution in [3.05, 3.63) is 84.3 Å². The summed E-state index contributed by atoms with van der Waals surface area (Å²) in [6.45, 7) is 2.45. The van der Waals surface area contributed by atoms with E-state index >= 15 is 0 Å². The van der Waals surface area contributed by atoms with E-state index in [4.69, 9.17) is 0 Å². The number of aryl methyl sites for hydroxylation is 1. The third-order valence-corrected chi connectivity index (χ3v) is 6.15. The molecule has 2 atom stereocenters. The molecule has 0 unspecified atom stereocenters. The van der Waals surface area contributed by atoms with Gasteiger partial charge in [0.05, 0.1) is 35.7 Å². The molecule has 35 heavy (non-hydrogen) atoms. The molecule has 3 heterocycles. The van der Waals surface area contributed by atoms with Crippen molar-refractivity contribution < 1.29 is 18.4 Å². The van der Waals surface area contributed by atoms with E-state index in [-0.39, 0.29) is 12.3 Å². The van der Waals surface area contributed by atoms with E-state index in [0.29, 0.717) is 12.6 Å². The van der Waals surface area contributed by atoms with Gasteiger partial charge in [0.1, 0.15) is 0 Å². The third-order valence-electron chi connectivity index (χ3n) is 6.15. The van der Waals surface area contributed by atoms with E-state index in [0.717, 1.165) is 27.8 Å². The number of alkyl halides is 2. The number of carbonyl (C=O) groups excluding carboxylic acids is 2. The second-order valence-corrected chi connectivity index (χ2v) is 8.75. The fourth-order valence-electron chi connectivity index (χ4n) is 4.46. The molecule has 1 N–H and O–H groups in total. The predicted molar refractivity (Wildman–Crippen MR) is 127 cm³/mol. The molecule has 0 radical (unpaired) electrons. The molecule has 2 aromatic carbocycles. The summed E-state index contributed by atoms with van der Waals surface area (Å²) in [6, 6.07) is 17.0. The van der Waals surface area contributed by atoms with Gasteiger partial charge in [0, 0.05) is 30.1 Å². The highest BCUT2D eigenvalue weighted by molar-refractivity contribution is 6.00. The van der Waals surface area contributed by atoms with E-state index in [1.165, 1.54) is 0 Å². The molecule has 0 saturated carbocycles. The number of pyridine rings is 1. The molecule has 1 fully saturated rings. The highest BCUT2D eigenvalue weighted by atomic mass is 19.3. The maximum absolute atomic E-state index is 13.6. The summed E-state index contributed by atoms with van der Waals surface area (Å²) in [6.07, 6.45) is 3.35. The first kappa shape index (κ1) is 22.6. The molecule has 4 aromatic rings. The van der Waals surface area contributed by atoms with Crippen LogP contribution in [-0.2, 0) is 9.59 Å². The van der Waals surface area contributed by atoms with E-state index in [9.17, 15) is 18.4 Å². The highest BCUT2D eigenvalue weighted by Gasteiger charge is 2.45. The molecule has 178 valence electrons. The van der Waals surface area contributed by atoms with Gasteiger partial charge in [-0.1, -0.05) is 30.3 Å². The number of carbonyl (C=O) groups is 2. The predicted octanol–water partition coefficient (Wildman–Crippen LogP) is 4.35. The zero-order chi connectivity index (χ0) is 24.7. The standard InChI is InChI=1S/C26H23F2N5O2/c1-16-8-9-20(15-29-16)33-22-11-10-19(12-18(22)14-30-33)32-23(34)13-21(31-25(35)26(2,27)28)24(32)17-6-4-3-5-7-17/h3-12,14-15,21,24H,13H2,1-2H3,(H,31,35)/t21-,24+/m0/s1. The van der Waals surface area contributed by atoms with Crippen LogP contribution in [-0.4, -0.2) is 38.5 Å². The van der Waals surface area contributed by atoms with Gasteiger partial charge < -0.3 is 10.2 Å². The van der Waals surface area contributed by atoms with Crippen LogP contribution in [0.5, 0.6) is 0 Å². The molecular weight excluding hydrogens is 452 g/mol. The van der Waals surface area contributed by atoms with E-state index < -0.39 is 23.9 Å². The van der Waals surface area contributed by atoms with E-state index in [1.54, 1.807) is 28.0 Å². The third kappa shape index (κ3) is 4.25. The van der Waals surface area contributed by atoms with Crippen LogP contribution in [0, 0.1) is 6.92 Å². The van der Waals surface area contributed by atoms with Gasteiger partial charge in [0.2, 0.25) is 5.91 Å². The molecule has 0 spiro atoms. The van der Waals surface area contributed by atoms with Crippen molar-refractivity contribution in [1.82, 2.24) is 20.1 Å². The Bertz CT molecular complexity index is 1400. The normalized spacial score (nSPS) is 18.3. The molecule has 0 bridgehead atoms. The van der Waals surface area contributed by atoms with Crippen molar-refractivity contribution in [3.8, 4) is 5.69 Å². The molecule has 1 aliphatic rings. The van der Waals surface area contributed by atoms with Gasteiger partial charge in [-0.25, -0.2) is 4.68 Å². The van der Waals surface area contributed by atoms with E-state index in [1.807, 2.05) is 61.5 Å². The smallest absolute Gasteiger partial charge is 0.321 e. The maximum atomic E-state index is 13.6. The Morgan fingerprint density at radius 1 is 1.06 bits per heavy atom. The molecule has 9 heteroatoms. The minimum absolute atomic E-state index is 0.0896. The number of rotatable bonds is 5. The number of nitrogens with one attached hydrogen (secondary N) is 1. The Morgan fingerprint density at radius 3 is 2.49 bits per heavy atom. The average Bonchev–Trinajstić information content (AvgIpc) is 3.39. The SMILES string of the molecule is Cc1ccc(-n2ncc3cc(N4C(=O)C[C@H](NC(=O)C(C)(F)F)[C@H]4c4ccccc4)ccc32)cn1. The lowest BCUT2D eigenvalue weighted by Gasteiger charge is -2.29. The summed E-state index contributed by atoms with van der Waals surface area (Å²) in [4.78, 5) is 31.1. The summed E-state index contributed by atoms with van der Waals surface area (Å²) in [7, 11) is 0. The Morgan fingerprint density at radius 2 is 1.80 bits per heavy atom. The highest BCUT2D eigenvalue weighted by Crippen LogP contribution is 2.39. The van der Waals surface area contributed by atoms with Crippen LogP contribution in [0.3, 0.4) is 0 Å². The van der Waals surface area contributed by atoms with Crippen molar-refractivity contribution in [2.45, 2.75) is 38.3 Å². The summed E-state index contributed by atoms with van der Waals surface area (Å²) in [5.41, 5.74) is 3.87. The Balaban J connectivity index is 1.53. The van der Waals surface area contributed by atoms with Crippen molar-refractivity contribution in [1.29, 1.82) is 0 Å². The number of amides is 2. The molecule has 7 nitrogen and oxygen atoms in total. The van der Waals surface area contributed by atoms with Gasteiger partial charge in [0.15, 0.2) is 0 Å². The fourth-order valence-corrected chi connectivity index (χ4v) is 4.46. The number of hydrogen-bond donors (Lipinski definition) is 1. The molecule has 1 saturated heterocycles. The minimum atomic E-state index is -3.55. The molecule has 2 aromatic heterocycles. The molecule has 1 aliphatic heterocycles. The number of fused-ring (bicyclic) bond motifs is 1. The zero-order valence-corrected chi connectivity index (χ0v) is 19.2. The van der Waals surface area contributed by atoms with Crippen molar-refractivity contribution in [3.63, 3.8) is 0 Å². The quantitative estimate of drug-likeness (QED) is 0.466. The summed E-state index contributed by atoms with van der Waals surface area (Å²) in [5.74, 6) is -5.21. The van der Waals surface area contributed by atoms with Crippen LogP contribution in [0.2, 0.25) is 0 Å². The Kier molecular flexibility index (Phi) is 5.55. The largest absolute Gasteiger partial charge is 0.345 e. The number of aromatic nitrogens is 3. The minimum Gasteiger partial charge on any atom is -0.345 e. The fraction of sp³-hybridized carbons (Fsp3) is 0.231. The van der Waals surface area contributed by atoms with Crippen LogP contribution in [0.25, 0.3) is 16.6 Å². The number of hydrogen-bond acceptors (Lipinski definition) is 4. The van der Waals surface area contributed by atoms with E-state index in [2.05, 4.69) is 15.4 Å². The zero-order valence-electron chi connectivity index (χ0n) is 19.2. The van der Waals surface area contributed by atoms with Gasteiger partial charge in [-0.05, 0) is 42.8 Å². The van der Waals surface area contributed by atoms with Crippen molar-refractivity contribution in [2.75, 3.05) is 4.90 Å². The Labute approximate surface area is 200 Å². The first-order valence-corrected chi connectivity index (χ1v) is 11.2. The Hall–Kier alpha value is -4.14. The lowest BCUT2D eigenvalue weighted by Crippen LogP contribution is -2.46. The van der Waals surface area contributed by atoms with Crippen LogP contribution < -0.4 is 10.2 Å². The number of nitrogens with zero attached hydrogens (tertiary/aromatic N) is 4. The lowest BCUT2D eigenvalue weighted by molar-refractivity contribution is -0.143. The summed E-state index contributed by atoms with van der Waals surface area (Å²) < 4.78 is 29.0. The topological polar surface area (TPSA) is 80.1 Å². The molecular formula is C26H23F2N5O2. The number of benzene rings is 2. The monoisotopic (exact) mass is 475 g/mol. The number of halogens is 2.